The number of hydrogen-bond donors (Lipinski definition) is 2. The van der Waals surface area contributed by atoms with E-state index in [2.05, 4.69) is 10.3 Å². The van der Waals surface area contributed by atoms with Crippen LogP contribution in [0.5, 0.6) is 5.75 Å². The molecule has 2 rings (SSSR count). The molecule has 0 aliphatic carbocycles. The Balaban J connectivity index is 1.88. The van der Waals surface area contributed by atoms with Crippen LogP contribution in [0, 0.1) is 0 Å². The number of ether oxygens (including phenoxy) is 2. The molecule has 7 nitrogen and oxygen atoms in total. The Morgan fingerprint density at radius 2 is 2.17 bits per heavy atom. The zero-order valence-electron chi connectivity index (χ0n) is 13.2. The summed E-state index contributed by atoms with van der Waals surface area (Å²) in [5.74, 6) is -0.743. The molecule has 0 atom stereocenters. The average Bonchev–Trinajstić information content (AvgIpc) is 3.06. The van der Waals surface area contributed by atoms with Crippen molar-refractivity contribution in [2.24, 2.45) is 0 Å². The molecule has 0 spiro atoms. The molecule has 0 bridgehead atoms. The Labute approximate surface area is 143 Å². The molecule has 0 aliphatic rings. The van der Waals surface area contributed by atoms with Gasteiger partial charge in [0.25, 0.3) is 5.91 Å². The van der Waals surface area contributed by atoms with Crippen LogP contribution in [0.3, 0.4) is 0 Å². The predicted octanol–water partition coefficient (Wildman–Crippen LogP) is 2.19. The number of carbonyl (C=O) groups excluding carboxylic acids is 1. The minimum absolute atomic E-state index is 0.0179. The van der Waals surface area contributed by atoms with Crippen LogP contribution in [0.15, 0.2) is 29.6 Å². The van der Waals surface area contributed by atoms with Crippen molar-refractivity contribution in [3.8, 4) is 5.75 Å². The van der Waals surface area contributed by atoms with E-state index in [-0.39, 0.29) is 18.1 Å². The van der Waals surface area contributed by atoms with Crippen LogP contribution >= 0.6 is 11.3 Å². The summed E-state index contributed by atoms with van der Waals surface area (Å²) in [4.78, 5) is 26.9. The van der Waals surface area contributed by atoms with Crippen LogP contribution in [0.1, 0.15) is 32.3 Å². The number of nitrogens with zero attached hydrogens (tertiary/aromatic N) is 1. The van der Waals surface area contributed by atoms with Gasteiger partial charge in [0.1, 0.15) is 10.8 Å². The molecule has 1 heterocycles. The van der Waals surface area contributed by atoms with Crippen molar-refractivity contribution in [3.05, 3.63) is 45.9 Å². The lowest BCUT2D eigenvalue weighted by Gasteiger charge is -2.08. The summed E-state index contributed by atoms with van der Waals surface area (Å²) < 4.78 is 10.5. The van der Waals surface area contributed by atoms with Gasteiger partial charge >= 0.3 is 5.97 Å². The van der Waals surface area contributed by atoms with Gasteiger partial charge in [0.2, 0.25) is 0 Å². The first-order valence-electron chi connectivity index (χ1n) is 7.28. The minimum atomic E-state index is -1.08. The quantitative estimate of drug-likeness (QED) is 0.673. The Hall–Kier alpha value is -2.45. The maximum absolute atomic E-state index is 12.2. The lowest BCUT2D eigenvalue weighted by molar-refractivity contribution is 0.0691. The summed E-state index contributed by atoms with van der Waals surface area (Å²) >= 11 is 1.19. The van der Waals surface area contributed by atoms with Crippen molar-refractivity contribution in [1.29, 1.82) is 0 Å². The molecule has 2 aromatic rings. The zero-order chi connectivity index (χ0) is 17.4. The molecule has 1 amide bonds. The van der Waals surface area contributed by atoms with E-state index in [1.54, 1.807) is 31.4 Å². The Kier molecular flexibility index (Phi) is 6.71. The summed E-state index contributed by atoms with van der Waals surface area (Å²) in [6, 6.07) is 6.87. The number of amides is 1. The highest BCUT2D eigenvalue weighted by atomic mass is 32.1. The number of rotatable bonds is 9. The zero-order valence-corrected chi connectivity index (χ0v) is 14.0. The number of nitrogens with one attached hydrogen (secondary N) is 1. The predicted molar refractivity (Wildman–Crippen MR) is 88.7 cm³/mol. The van der Waals surface area contributed by atoms with E-state index in [9.17, 15) is 9.59 Å². The number of aromatic carboxylic acids is 1. The number of carboxylic acids is 1. The van der Waals surface area contributed by atoms with Gasteiger partial charge in [-0.05, 0) is 18.2 Å². The summed E-state index contributed by atoms with van der Waals surface area (Å²) in [5, 5.41) is 13.5. The molecule has 0 aliphatic heterocycles. The van der Waals surface area contributed by atoms with Crippen LogP contribution in [-0.2, 0) is 11.3 Å². The topological polar surface area (TPSA) is 97.8 Å². The second kappa shape index (κ2) is 8.99. The van der Waals surface area contributed by atoms with Crippen molar-refractivity contribution in [3.63, 3.8) is 0 Å². The van der Waals surface area contributed by atoms with Gasteiger partial charge in [0, 0.05) is 31.1 Å². The summed E-state index contributed by atoms with van der Waals surface area (Å²) in [7, 11) is 1.63. The minimum Gasteiger partial charge on any atom is -0.493 e. The van der Waals surface area contributed by atoms with E-state index in [1.165, 1.54) is 16.7 Å². The highest BCUT2D eigenvalue weighted by molar-refractivity contribution is 7.09. The lowest BCUT2D eigenvalue weighted by Crippen LogP contribution is -2.22. The molecule has 24 heavy (non-hydrogen) atoms. The van der Waals surface area contributed by atoms with E-state index in [4.69, 9.17) is 14.6 Å². The molecular formula is C16H18N2O5S. The van der Waals surface area contributed by atoms with Gasteiger partial charge in [-0.15, -0.1) is 11.3 Å². The van der Waals surface area contributed by atoms with Crippen LogP contribution in [0.2, 0.25) is 0 Å². The van der Waals surface area contributed by atoms with Gasteiger partial charge < -0.3 is 19.9 Å². The molecule has 0 saturated carbocycles. The van der Waals surface area contributed by atoms with Gasteiger partial charge in [-0.1, -0.05) is 6.07 Å². The summed E-state index contributed by atoms with van der Waals surface area (Å²) in [5.41, 5.74) is 0.449. The smallest absolute Gasteiger partial charge is 0.355 e. The molecule has 8 heteroatoms. The summed E-state index contributed by atoms with van der Waals surface area (Å²) in [6.07, 6.45) is 0.767. The highest BCUT2D eigenvalue weighted by Gasteiger charge is 2.11. The largest absolute Gasteiger partial charge is 0.493 e. The van der Waals surface area contributed by atoms with Gasteiger partial charge in [-0.3, -0.25) is 4.79 Å². The van der Waals surface area contributed by atoms with Crippen molar-refractivity contribution in [1.82, 2.24) is 10.3 Å². The van der Waals surface area contributed by atoms with E-state index in [0.717, 1.165) is 6.42 Å². The third-order valence-electron chi connectivity index (χ3n) is 3.03. The Morgan fingerprint density at radius 1 is 1.33 bits per heavy atom. The first-order valence-corrected chi connectivity index (χ1v) is 8.16. The first-order chi connectivity index (χ1) is 11.6. The number of carboxylic acid groups (broad SMARTS) is 1. The van der Waals surface area contributed by atoms with Gasteiger partial charge in [-0.25, -0.2) is 9.78 Å². The SMILES string of the molecule is COCCCOc1cccc(C(=O)NCc2nc(C(=O)O)cs2)c1. The van der Waals surface area contributed by atoms with Crippen LogP contribution in [0.25, 0.3) is 0 Å². The van der Waals surface area contributed by atoms with Gasteiger partial charge in [0.15, 0.2) is 5.69 Å². The second-order valence-corrected chi connectivity index (χ2v) is 5.78. The standard InChI is InChI=1S/C16H18N2O5S/c1-22-6-3-7-23-12-5-2-4-11(8-12)15(19)17-9-14-18-13(10-24-14)16(20)21/h2,4-5,8,10H,3,6-7,9H2,1H3,(H,17,19)(H,20,21). The molecule has 0 saturated heterocycles. The average molecular weight is 350 g/mol. The molecule has 0 fully saturated rings. The van der Waals surface area contributed by atoms with E-state index < -0.39 is 5.97 Å². The van der Waals surface area contributed by atoms with Crippen molar-refractivity contribution >= 4 is 23.2 Å². The second-order valence-electron chi connectivity index (χ2n) is 4.84. The Bertz CT molecular complexity index is 701. The number of benzene rings is 1. The molecule has 0 unspecified atom stereocenters. The van der Waals surface area contributed by atoms with Gasteiger partial charge in [-0.2, -0.15) is 0 Å². The fourth-order valence-corrected chi connectivity index (χ4v) is 2.58. The molecule has 2 N–H and O–H groups in total. The fraction of sp³-hybridized carbons (Fsp3) is 0.312. The van der Waals surface area contributed by atoms with Crippen molar-refractivity contribution in [2.45, 2.75) is 13.0 Å². The first kappa shape index (κ1) is 17.9. The number of thiazole rings is 1. The maximum Gasteiger partial charge on any atom is 0.355 e. The van der Waals surface area contributed by atoms with E-state index in [0.29, 0.717) is 29.5 Å². The molecular weight excluding hydrogens is 332 g/mol. The van der Waals surface area contributed by atoms with E-state index >= 15 is 0 Å². The fourth-order valence-electron chi connectivity index (χ4n) is 1.87. The molecule has 128 valence electrons. The number of carbonyl (C=O) groups is 2. The monoisotopic (exact) mass is 350 g/mol. The third kappa shape index (κ3) is 5.32. The van der Waals surface area contributed by atoms with Gasteiger partial charge in [0.05, 0.1) is 13.2 Å². The van der Waals surface area contributed by atoms with Crippen molar-refractivity contribution < 1.29 is 24.2 Å². The van der Waals surface area contributed by atoms with Crippen LogP contribution in [0.4, 0.5) is 0 Å². The molecule has 1 aromatic heterocycles. The lowest BCUT2D eigenvalue weighted by atomic mass is 10.2. The number of aromatic nitrogens is 1. The highest BCUT2D eigenvalue weighted by Crippen LogP contribution is 2.14. The Morgan fingerprint density at radius 3 is 2.88 bits per heavy atom. The summed E-state index contributed by atoms with van der Waals surface area (Å²) in [6.45, 7) is 1.30. The normalized spacial score (nSPS) is 10.4. The van der Waals surface area contributed by atoms with Crippen LogP contribution in [-0.4, -0.2) is 42.3 Å². The number of hydrogen-bond acceptors (Lipinski definition) is 6. The third-order valence-corrected chi connectivity index (χ3v) is 3.88. The van der Waals surface area contributed by atoms with Crippen LogP contribution < -0.4 is 10.1 Å². The molecule has 0 radical (unpaired) electrons. The van der Waals surface area contributed by atoms with Crippen molar-refractivity contribution in [2.75, 3.05) is 20.3 Å². The van der Waals surface area contributed by atoms with E-state index in [1.807, 2.05) is 0 Å². The molecule has 1 aromatic carbocycles. The maximum atomic E-state index is 12.2. The number of methoxy groups -OCH3 is 1.